The summed E-state index contributed by atoms with van der Waals surface area (Å²) in [7, 11) is 0. The second kappa shape index (κ2) is 6.20. The second-order valence-corrected chi connectivity index (χ2v) is 6.62. The molecule has 0 aromatic heterocycles. The Bertz CT molecular complexity index is 529. The number of halogens is 3. The van der Waals surface area contributed by atoms with E-state index < -0.39 is 0 Å². The number of nitrogens with one attached hydrogen (secondary N) is 1. The second-order valence-electron chi connectivity index (χ2n) is 3.61. The van der Waals surface area contributed by atoms with E-state index >= 15 is 0 Å². The molecule has 2 aromatic carbocycles. The van der Waals surface area contributed by atoms with Crippen molar-refractivity contribution in [2.75, 3.05) is 5.32 Å². The summed E-state index contributed by atoms with van der Waals surface area (Å²) in [6.45, 7) is 0.818. The molecule has 0 saturated carbocycles. The van der Waals surface area contributed by atoms with Crippen LogP contribution in [-0.4, -0.2) is 0 Å². The molecule has 0 bridgehead atoms. The van der Waals surface area contributed by atoms with Crippen LogP contribution in [0.25, 0.3) is 0 Å². The number of hydrogen-bond donors (Lipinski definition) is 1. The largest absolute Gasteiger partial charge is 0.380 e. The molecule has 0 aliphatic carbocycles. The average molecular weight is 467 g/mol. The molecule has 0 aliphatic heterocycles. The number of anilines is 1. The summed E-state index contributed by atoms with van der Waals surface area (Å²) in [4.78, 5) is 0. The van der Waals surface area contributed by atoms with Crippen LogP contribution in [0.15, 0.2) is 51.4 Å². The lowest BCUT2D eigenvalue weighted by Gasteiger charge is -2.09. The summed E-state index contributed by atoms with van der Waals surface area (Å²) in [6, 6.07) is 14.6. The molecule has 0 amide bonds. The van der Waals surface area contributed by atoms with Gasteiger partial charge in [-0.15, -0.1) is 0 Å². The van der Waals surface area contributed by atoms with Crippen molar-refractivity contribution in [3.8, 4) is 0 Å². The zero-order chi connectivity index (χ0) is 12.3. The van der Waals surface area contributed by atoms with E-state index in [1.54, 1.807) is 0 Å². The van der Waals surface area contributed by atoms with Gasteiger partial charge >= 0.3 is 0 Å². The first-order valence-corrected chi connectivity index (χ1v) is 7.75. The summed E-state index contributed by atoms with van der Waals surface area (Å²) >= 11 is 9.33. The van der Waals surface area contributed by atoms with Crippen molar-refractivity contribution < 1.29 is 0 Å². The lowest BCUT2D eigenvalue weighted by atomic mass is 10.2. The molecule has 88 valence electrons. The minimum absolute atomic E-state index is 0.818. The van der Waals surface area contributed by atoms with E-state index in [1.807, 2.05) is 12.1 Å². The molecular formula is C13H10Br2IN. The molecule has 0 atom stereocenters. The van der Waals surface area contributed by atoms with E-state index in [-0.39, 0.29) is 0 Å². The van der Waals surface area contributed by atoms with Gasteiger partial charge in [0.15, 0.2) is 0 Å². The Balaban J connectivity index is 2.09. The van der Waals surface area contributed by atoms with Gasteiger partial charge in [0.05, 0.1) is 0 Å². The van der Waals surface area contributed by atoms with E-state index in [0.29, 0.717) is 0 Å². The molecular weight excluding hydrogens is 457 g/mol. The fourth-order valence-corrected chi connectivity index (χ4v) is 2.80. The summed E-state index contributed by atoms with van der Waals surface area (Å²) in [6.07, 6.45) is 0. The zero-order valence-corrected chi connectivity index (χ0v) is 14.2. The predicted molar refractivity (Wildman–Crippen MR) is 88.3 cm³/mol. The van der Waals surface area contributed by atoms with Gasteiger partial charge < -0.3 is 5.32 Å². The van der Waals surface area contributed by atoms with Gasteiger partial charge in [0.1, 0.15) is 0 Å². The molecule has 2 aromatic rings. The Morgan fingerprint density at radius 1 is 1.06 bits per heavy atom. The Morgan fingerprint density at radius 2 is 1.88 bits per heavy atom. The van der Waals surface area contributed by atoms with Crippen LogP contribution in [-0.2, 0) is 6.54 Å². The van der Waals surface area contributed by atoms with Crippen LogP contribution < -0.4 is 5.32 Å². The first-order chi connectivity index (χ1) is 8.15. The smallest absolute Gasteiger partial charge is 0.0497 e. The van der Waals surface area contributed by atoms with Crippen LogP contribution in [0.3, 0.4) is 0 Å². The van der Waals surface area contributed by atoms with Crippen molar-refractivity contribution in [2.24, 2.45) is 0 Å². The fourth-order valence-electron chi connectivity index (χ4n) is 1.48. The Kier molecular flexibility index (Phi) is 4.87. The van der Waals surface area contributed by atoms with Crippen LogP contribution in [0.1, 0.15) is 5.56 Å². The highest BCUT2D eigenvalue weighted by Crippen LogP contribution is 2.25. The van der Waals surface area contributed by atoms with Crippen LogP contribution in [0.2, 0.25) is 0 Å². The van der Waals surface area contributed by atoms with Gasteiger partial charge in [-0.3, -0.25) is 0 Å². The van der Waals surface area contributed by atoms with Crippen molar-refractivity contribution in [2.45, 2.75) is 6.54 Å². The molecule has 1 nitrogen and oxygen atoms in total. The molecule has 0 aliphatic rings. The van der Waals surface area contributed by atoms with E-state index in [9.17, 15) is 0 Å². The summed E-state index contributed by atoms with van der Waals surface area (Å²) < 4.78 is 3.42. The quantitative estimate of drug-likeness (QED) is 0.595. The van der Waals surface area contributed by atoms with Gasteiger partial charge in [0, 0.05) is 24.7 Å². The minimum atomic E-state index is 0.818. The standard InChI is InChI=1S/C13H10Br2IN/c14-10-3-1-2-9(6-10)8-17-13-7-11(16)4-5-12(13)15/h1-7,17H,8H2. The number of hydrogen-bond acceptors (Lipinski definition) is 1. The monoisotopic (exact) mass is 465 g/mol. The Morgan fingerprint density at radius 3 is 2.65 bits per heavy atom. The molecule has 0 unspecified atom stereocenters. The molecule has 4 heteroatoms. The molecule has 17 heavy (non-hydrogen) atoms. The average Bonchev–Trinajstić information content (AvgIpc) is 2.30. The van der Waals surface area contributed by atoms with E-state index in [1.165, 1.54) is 9.13 Å². The molecule has 1 N–H and O–H groups in total. The van der Waals surface area contributed by atoms with E-state index in [0.717, 1.165) is 21.2 Å². The van der Waals surface area contributed by atoms with Gasteiger partial charge in [-0.1, -0.05) is 28.1 Å². The first kappa shape index (κ1) is 13.4. The molecule has 0 spiro atoms. The van der Waals surface area contributed by atoms with E-state index in [4.69, 9.17) is 0 Å². The highest BCUT2D eigenvalue weighted by Gasteiger charge is 2.00. The summed E-state index contributed by atoms with van der Waals surface area (Å²) in [5.41, 5.74) is 2.38. The molecule has 2 rings (SSSR count). The van der Waals surface area contributed by atoms with E-state index in [2.05, 4.69) is 90.1 Å². The maximum Gasteiger partial charge on any atom is 0.0497 e. The third-order valence-electron chi connectivity index (χ3n) is 2.30. The van der Waals surface area contributed by atoms with Crippen molar-refractivity contribution in [1.82, 2.24) is 0 Å². The SMILES string of the molecule is Brc1cccc(CNc2cc(I)ccc2Br)c1. The fraction of sp³-hybridized carbons (Fsp3) is 0.0769. The van der Waals surface area contributed by atoms with Gasteiger partial charge in [0.25, 0.3) is 0 Å². The summed E-state index contributed by atoms with van der Waals surface area (Å²) in [5.74, 6) is 0. The minimum Gasteiger partial charge on any atom is -0.380 e. The number of rotatable bonds is 3. The third-order valence-corrected chi connectivity index (χ3v) is 4.16. The Hall–Kier alpha value is -0.0700. The molecule has 0 heterocycles. The maximum atomic E-state index is 3.54. The van der Waals surface area contributed by atoms with Gasteiger partial charge in [-0.05, 0) is 74.4 Å². The van der Waals surface area contributed by atoms with Crippen LogP contribution >= 0.6 is 54.5 Å². The molecule has 0 saturated heterocycles. The maximum absolute atomic E-state index is 3.54. The molecule has 0 radical (unpaired) electrons. The number of benzene rings is 2. The molecule has 0 fully saturated rings. The first-order valence-electron chi connectivity index (χ1n) is 5.08. The zero-order valence-electron chi connectivity index (χ0n) is 8.88. The van der Waals surface area contributed by atoms with Gasteiger partial charge in [-0.2, -0.15) is 0 Å². The normalized spacial score (nSPS) is 10.3. The van der Waals surface area contributed by atoms with Gasteiger partial charge in [0.2, 0.25) is 0 Å². The summed E-state index contributed by atoms with van der Waals surface area (Å²) in [5, 5.41) is 3.42. The van der Waals surface area contributed by atoms with Crippen molar-refractivity contribution in [3.63, 3.8) is 0 Å². The van der Waals surface area contributed by atoms with Crippen LogP contribution in [0.4, 0.5) is 5.69 Å². The lowest BCUT2D eigenvalue weighted by Crippen LogP contribution is -2.00. The third kappa shape index (κ3) is 3.96. The Labute approximate surface area is 131 Å². The van der Waals surface area contributed by atoms with Crippen molar-refractivity contribution in [1.29, 1.82) is 0 Å². The van der Waals surface area contributed by atoms with Crippen molar-refractivity contribution >= 4 is 60.1 Å². The van der Waals surface area contributed by atoms with Crippen molar-refractivity contribution in [3.05, 3.63) is 60.5 Å². The predicted octanol–water partition coefficient (Wildman–Crippen LogP) is 5.43. The van der Waals surface area contributed by atoms with Crippen LogP contribution in [0, 0.1) is 3.57 Å². The highest BCUT2D eigenvalue weighted by molar-refractivity contribution is 14.1. The van der Waals surface area contributed by atoms with Crippen LogP contribution in [0.5, 0.6) is 0 Å². The topological polar surface area (TPSA) is 12.0 Å². The highest BCUT2D eigenvalue weighted by atomic mass is 127. The van der Waals surface area contributed by atoms with Gasteiger partial charge in [-0.25, -0.2) is 0 Å². The lowest BCUT2D eigenvalue weighted by molar-refractivity contribution is 1.14.